The molecule has 0 N–H and O–H groups in total. The van der Waals surface area contributed by atoms with Crippen LogP contribution >= 0.6 is 15.9 Å². The third kappa shape index (κ3) is 3.29. The van der Waals surface area contributed by atoms with E-state index in [-0.39, 0.29) is 18.0 Å². The lowest BCUT2D eigenvalue weighted by Gasteiger charge is -2.08. The normalized spacial score (nSPS) is 10.5. The van der Waals surface area contributed by atoms with E-state index in [2.05, 4.69) is 15.9 Å². The number of Topliss-reactive ketones (excluding diaryl/α,β-unsaturated/α-hetero) is 1. The van der Waals surface area contributed by atoms with Crippen molar-refractivity contribution < 1.29 is 9.18 Å². The molecule has 0 spiro atoms. The Hall–Kier alpha value is -1.48. The van der Waals surface area contributed by atoms with Crippen LogP contribution in [0.5, 0.6) is 0 Å². The molecule has 3 heteroatoms. The molecule has 1 nitrogen and oxygen atoms in total. The Morgan fingerprint density at radius 3 is 2.58 bits per heavy atom. The van der Waals surface area contributed by atoms with Crippen LogP contribution in [0.3, 0.4) is 0 Å². The molecule has 0 unspecified atom stereocenters. The molecule has 0 bridgehead atoms. The van der Waals surface area contributed by atoms with Gasteiger partial charge < -0.3 is 0 Å². The molecule has 0 aliphatic carbocycles. The Morgan fingerprint density at radius 2 is 1.89 bits per heavy atom. The topological polar surface area (TPSA) is 17.1 Å². The fraction of sp³-hybridized carbons (Fsp3) is 0.188. The van der Waals surface area contributed by atoms with Crippen molar-refractivity contribution in [1.82, 2.24) is 0 Å². The molecule has 0 aliphatic rings. The third-order valence-electron chi connectivity index (χ3n) is 3.06. The zero-order chi connectivity index (χ0) is 13.8. The van der Waals surface area contributed by atoms with Gasteiger partial charge >= 0.3 is 0 Å². The summed E-state index contributed by atoms with van der Waals surface area (Å²) in [5.74, 6) is -0.248. The average molecular weight is 321 g/mol. The van der Waals surface area contributed by atoms with Crippen molar-refractivity contribution >= 4 is 21.7 Å². The molecule has 19 heavy (non-hydrogen) atoms. The van der Waals surface area contributed by atoms with Crippen molar-refractivity contribution in [2.45, 2.75) is 19.8 Å². The number of hydrogen-bond acceptors (Lipinski definition) is 1. The molecule has 0 amide bonds. The molecule has 2 aromatic carbocycles. The van der Waals surface area contributed by atoms with Crippen LogP contribution in [-0.2, 0) is 12.8 Å². The van der Waals surface area contributed by atoms with Gasteiger partial charge in [0, 0.05) is 16.5 Å². The zero-order valence-corrected chi connectivity index (χ0v) is 12.2. The molecule has 0 radical (unpaired) electrons. The maximum Gasteiger partial charge on any atom is 0.167 e. The third-order valence-corrected chi connectivity index (χ3v) is 3.80. The largest absolute Gasteiger partial charge is 0.294 e. The summed E-state index contributed by atoms with van der Waals surface area (Å²) in [5.41, 5.74) is 2.60. The van der Waals surface area contributed by atoms with Gasteiger partial charge in [-0.05, 0) is 29.7 Å². The SMILES string of the molecule is CCc1ccccc1C(=O)Cc1ccc(F)cc1Br. The summed E-state index contributed by atoms with van der Waals surface area (Å²) >= 11 is 3.29. The number of benzene rings is 2. The monoisotopic (exact) mass is 320 g/mol. The molecule has 2 rings (SSSR count). The second-order valence-electron chi connectivity index (χ2n) is 4.35. The van der Waals surface area contributed by atoms with Crippen LogP contribution in [0.25, 0.3) is 0 Å². The molecular weight excluding hydrogens is 307 g/mol. The Bertz CT molecular complexity index is 607. The summed E-state index contributed by atoms with van der Waals surface area (Å²) in [4.78, 5) is 12.3. The summed E-state index contributed by atoms with van der Waals surface area (Å²) in [6.07, 6.45) is 1.10. The minimum Gasteiger partial charge on any atom is -0.294 e. The maximum absolute atomic E-state index is 13.0. The van der Waals surface area contributed by atoms with Gasteiger partial charge in [0.2, 0.25) is 0 Å². The average Bonchev–Trinajstić information content (AvgIpc) is 2.41. The molecule has 0 aromatic heterocycles. The number of aryl methyl sites for hydroxylation is 1. The van der Waals surface area contributed by atoms with Gasteiger partial charge in [0.1, 0.15) is 5.82 Å². The maximum atomic E-state index is 13.0. The van der Waals surface area contributed by atoms with E-state index >= 15 is 0 Å². The number of rotatable bonds is 4. The van der Waals surface area contributed by atoms with Gasteiger partial charge in [0.05, 0.1) is 0 Å². The first-order valence-electron chi connectivity index (χ1n) is 6.17. The molecule has 0 heterocycles. The number of ketones is 1. The standard InChI is InChI=1S/C16H14BrFO/c1-2-11-5-3-4-6-14(11)16(19)9-12-7-8-13(18)10-15(12)17/h3-8,10H,2,9H2,1H3. The van der Waals surface area contributed by atoms with Gasteiger partial charge in [-0.3, -0.25) is 4.79 Å². The van der Waals surface area contributed by atoms with Crippen LogP contribution in [-0.4, -0.2) is 5.78 Å². The van der Waals surface area contributed by atoms with Gasteiger partial charge in [-0.1, -0.05) is 53.2 Å². The van der Waals surface area contributed by atoms with Gasteiger partial charge in [-0.15, -0.1) is 0 Å². The van der Waals surface area contributed by atoms with E-state index in [0.29, 0.717) is 4.47 Å². The van der Waals surface area contributed by atoms with Crippen LogP contribution in [0.4, 0.5) is 4.39 Å². The number of halogens is 2. The molecule has 0 saturated carbocycles. The van der Waals surface area contributed by atoms with Crippen molar-refractivity contribution in [2.24, 2.45) is 0 Å². The highest BCUT2D eigenvalue weighted by molar-refractivity contribution is 9.10. The first kappa shape index (κ1) is 13.9. The van der Waals surface area contributed by atoms with Crippen LogP contribution in [0, 0.1) is 5.82 Å². The lowest BCUT2D eigenvalue weighted by molar-refractivity contribution is 0.0992. The Kier molecular flexibility index (Phi) is 4.48. The minimum atomic E-state index is -0.308. The minimum absolute atomic E-state index is 0.0600. The van der Waals surface area contributed by atoms with E-state index in [1.54, 1.807) is 6.07 Å². The fourth-order valence-electron chi connectivity index (χ4n) is 2.03. The highest BCUT2D eigenvalue weighted by atomic mass is 79.9. The van der Waals surface area contributed by atoms with Crippen LogP contribution in [0.2, 0.25) is 0 Å². The van der Waals surface area contributed by atoms with Crippen LogP contribution in [0.15, 0.2) is 46.9 Å². The molecule has 0 fully saturated rings. The van der Waals surface area contributed by atoms with E-state index in [1.165, 1.54) is 12.1 Å². The van der Waals surface area contributed by atoms with Gasteiger partial charge in [0.15, 0.2) is 5.78 Å². The smallest absolute Gasteiger partial charge is 0.167 e. The molecular formula is C16H14BrFO. The Morgan fingerprint density at radius 1 is 1.16 bits per heavy atom. The van der Waals surface area contributed by atoms with E-state index in [4.69, 9.17) is 0 Å². The molecule has 0 saturated heterocycles. The lowest BCUT2D eigenvalue weighted by atomic mass is 9.97. The van der Waals surface area contributed by atoms with Gasteiger partial charge in [-0.2, -0.15) is 0 Å². The number of carbonyl (C=O) groups is 1. The van der Waals surface area contributed by atoms with Crippen molar-refractivity contribution in [2.75, 3.05) is 0 Å². The summed E-state index contributed by atoms with van der Waals surface area (Å²) in [7, 11) is 0. The quantitative estimate of drug-likeness (QED) is 0.754. The van der Waals surface area contributed by atoms with Crippen molar-refractivity contribution in [1.29, 1.82) is 0 Å². The zero-order valence-electron chi connectivity index (χ0n) is 10.6. The second-order valence-corrected chi connectivity index (χ2v) is 5.20. The predicted molar refractivity (Wildman–Crippen MR) is 78.0 cm³/mol. The van der Waals surface area contributed by atoms with Crippen molar-refractivity contribution in [3.8, 4) is 0 Å². The van der Waals surface area contributed by atoms with Crippen LogP contribution in [0.1, 0.15) is 28.4 Å². The summed E-state index contributed by atoms with van der Waals surface area (Å²) < 4.78 is 13.6. The predicted octanol–water partition coefficient (Wildman–Crippen LogP) is 4.58. The molecule has 98 valence electrons. The fourth-order valence-corrected chi connectivity index (χ4v) is 2.52. The highest BCUT2D eigenvalue weighted by Gasteiger charge is 2.12. The first-order valence-corrected chi connectivity index (χ1v) is 6.96. The van der Waals surface area contributed by atoms with E-state index in [9.17, 15) is 9.18 Å². The lowest BCUT2D eigenvalue weighted by Crippen LogP contribution is -2.07. The second kappa shape index (κ2) is 6.11. The summed E-state index contributed by atoms with van der Waals surface area (Å²) in [5, 5.41) is 0. The van der Waals surface area contributed by atoms with E-state index in [1.807, 2.05) is 31.2 Å². The molecule has 2 aromatic rings. The summed E-state index contributed by atoms with van der Waals surface area (Å²) in [6.45, 7) is 2.03. The van der Waals surface area contributed by atoms with Crippen molar-refractivity contribution in [3.05, 3.63) is 69.4 Å². The molecule has 0 atom stereocenters. The molecule has 0 aliphatic heterocycles. The van der Waals surface area contributed by atoms with Gasteiger partial charge in [0.25, 0.3) is 0 Å². The van der Waals surface area contributed by atoms with Crippen LogP contribution < -0.4 is 0 Å². The van der Waals surface area contributed by atoms with E-state index < -0.39 is 0 Å². The highest BCUT2D eigenvalue weighted by Crippen LogP contribution is 2.21. The summed E-state index contributed by atoms with van der Waals surface area (Å²) in [6, 6.07) is 12.0. The van der Waals surface area contributed by atoms with Gasteiger partial charge in [-0.25, -0.2) is 4.39 Å². The Balaban J connectivity index is 2.26. The first-order chi connectivity index (χ1) is 9.11. The van der Waals surface area contributed by atoms with E-state index in [0.717, 1.165) is 23.1 Å². The number of hydrogen-bond donors (Lipinski definition) is 0. The number of carbonyl (C=O) groups excluding carboxylic acids is 1. The van der Waals surface area contributed by atoms with Crippen molar-refractivity contribution in [3.63, 3.8) is 0 Å². The Labute approximate surface area is 120 Å².